The molecule has 1 heterocycles. The number of hydrogen-bond donors (Lipinski definition) is 2. The molecule has 1 aromatic carbocycles. The standard InChI is InChI=1S/C21H31FN2O3/c1-27-18-8-9-19(22)17(12-18)14-24-11-5-10-21(26,20(24)25)15-23-13-16-6-3-2-4-7-16/h8-9,12,16,23,26H,2-7,10-11,13-15H2,1H3/t21-/m1/s1. The van der Waals surface area contributed by atoms with Crippen molar-refractivity contribution < 1.29 is 19.0 Å². The quantitative estimate of drug-likeness (QED) is 0.766. The fourth-order valence-electron chi connectivity index (χ4n) is 4.26. The van der Waals surface area contributed by atoms with Crippen LogP contribution in [0.4, 0.5) is 4.39 Å². The Labute approximate surface area is 160 Å². The maximum Gasteiger partial charge on any atom is 0.256 e. The van der Waals surface area contributed by atoms with Crippen LogP contribution in [0.25, 0.3) is 0 Å². The molecule has 6 heteroatoms. The second-order valence-electron chi connectivity index (χ2n) is 7.95. The summed E-state index contributed by atoms with van der Waals surface area (Å²) in [5.41, 5.74) is -0.996. The predicted octanol–water partition coefficient (Wildman–Crippen LogP) is 2.86. The number of hydrogen-bond acceptors (Lipinski definition) is 4. The minimum atomic E-state index is -1.40. The van der Waals surface area contributed by atoms with Crippen LogP contribution in [0.2, 0.25) is 0 Å². The number of aliphatic hydroxyl groups is 1. The highest BCUT2D eigenvalue weighted by molar-refractivity contribution is 5.86. The van der Waals surface area contributed by atoms with E-state index in [0.717, 1.165) is 6.54 Å². The fourth-order valence-corrected chi connectivity index (χ4v) is 4.26. The van der Waals surface area contributed by atoms with Crippen LogP contribution in [0.3, 0.4) is 0 Å². The average molecular weight is 378 g/mol. The average Bonchev–Trinajstić information content (AvgIpc) is 2.68. The van der Waals surface area contributed by atoms with Crippen LogP contribution < -0.4 is 10.1 Å². The molecule has 1 atom stereocenters. The number of benzene rings is 1. The lowest BCUT2D eigenvalue weighted by atomic mass is 9.88. The highest BCUT2D eigenvalue weighted by atomic mass is 19.1. The van der Waals surface area contributed by atoms with E-state index in [1.807, 2.05) is 0 Å². The topological polar surface area (TPSA) is 61.8 Å². The summed E-state index contributed by atoms with van der Waals surface area (Å²) in [7, 11) is 1.53. The van der Waals surface area contributed by atoms with Gasteiger partial charge in [-0.15, -0.1) is 0 Å². The summed E-state index contributed by atoms with van der Waals surface area (Å²) < 4.78 is 19.3. The first-order chi connectivity index (χ1) is 13.0. The summed E-state index contributed by atoms with van der Waals surface area (Å²) >= 11 is 0. The monoisotopic (exact) mass is 378 g/mol. The molecule has 150 valence electrons. The Morgan fingerprint density at radius 1 is 1.30 bits per heavy atom. The number of ether oxygens (including phenoxy) is 1. The van der Waals surface area contributed by atoms with Crippen LogP contribution in [0.1, 0.15) is 50.5 Å². The number of carbonyl (C=O) groups excluding carboxylic acids is 1. The van der Waals surface area contributed by atoms with E-state index in [2.05, 4.69) is 5.32 Å². The van der Waals surface area contributed by atoms with Crippen LogP contribution in [0.15, 0.2) is 18.2 Å². The lowest BCUT2D eigenvalue weighted by Crippen LogP contribution is -2.58. The van der Waals surface area contributed by atoms with Crippen molar-refractivity contribution in [2.24, 2.45) is 5.92 Å². The van der Waals surface area contributed by atoms with Gasteiger partial charge in [-0.05, 0) is 56.3 Å². The molecule has 2 fully saturated rings. The lowest BCUT2D eigenvalue weighted by molar-refractivity contribution is -0.157. The molecule has 1 aliphatic carbocycles. The molecular weight excluding hydrogens is 347 g/mol. The number of piperidine rings is 1. The minimum absolute atomic E-state index is 0.146. The van der Waals surface area contributed by atoms with Gasteiger partial charge in [0, 0.05) is 25.2 Å². The summed E-state index contributed by atoms with van der Waals surface area (Å²) in [5.74, 6) is 0.517. The molecule has 0 unspecified atom stereocenters. The van der Waals surface area contributed by atoms with Crippen LogP contribution in [0.5, 0.6) is 5.75 Å². The first kappa shape index (κ1) is 20.1. The number of likely N-dealkylation sites (tertiary alicyclic amines) is 1. The summed E-state index contributed by atoms with van der Waals surface area (Å²) in [6, 6.07) is 4.51. The molecule has 0 spiro atoms. The van der Waals surface area contributed by atoms with Crippen LogP contribution in [-0.4, -0.2) is 48.3 Å². The number of rotatable bonds is 7. The molecule has 1 aliphatic heterocycles. The van der Waals surface area contributed by atoms with Gasteiger partial charge in [0.25, 0.3) is 5.91 Å². The van der Waals surface area contributed by atoms with Gasteiger partial charge in [0.2, 0.25) is 0 Å². The Kier molecular flexibility index (Phi) is 6.71. The molecule has 0 aromatic heterocycles. The van der Waals surface area contributed by atoms with E-state index in [-0.39, 0.29) is 24.8 Å². The molecular formula is C21H31FN2O3. The van der Waals surface area contributed by atoms with Crippen molar-refractivity contribution in [1.82, 2.24) is 10.2 Å². The summed E-state index contributed by atoms with van der Waals surface area (Å²) in [6.45, 7) is 1.78. The molecule has 1 aromatic rings. The molecule has 2 aliphatic rings. The maximum absolute atomic E-state index is 14.1. The van der Waals surface area contributed by atoms with Gasteiger partial charge in [0.1, 0.15) is 11.6 Å². The number of methoxy groups -OCH3 is 1. The van der Waals surface area contributed by atoms with Crippen LogP contribution >= 0.6 is 0 Å². The van der Waals surface area contributed by atoms with Crippen molar-refractivity contribution in [2.75, 3.05) is 26.7 Å². The second-order valence-corrected chi connectivity index (χ2v) is 7.95. The van der Waals surface area contributed by atoms with Gasteiger partial charge >= 0.3 is 0 Å². The van der Waals surface area contributed by atoms with Crippen LogP contribution in [-0.2, 0) is 11.3 Å². The largest absolute Gasteiger partial charge is 0.497 e. The van der Waals surface area contributed by atoms with Crippen molar-refractivity contribution >= 4 is 5.91 Å². The van der Waals surface area contributed by atoms with Crippen molar-refractivity contribution in [3.63, 3.8) is 0 Å². The van der Waals surface area contributed by atoms with Gasteiger partial charge in [0.05, 0.1) is 7.11 Å². The Balaban J connectivity index is 1.59. The van der Waals surface area contributed by atoms with Gasteiger partial charge in [-0.3, -0.25) is 4.79 Å². The van der Waals surface area contributed by atoms with E-state index < -0.39 is 5.60 Å². The van der Waals surface area contributed by atoms with Gasteiger partial charge in [-0.1, -0.05) is 19.3 Å². The SMILES string of the molecule is COc1ccc(F)c(CN2CCC[C@@](O)(CNCC3CCCCC3)C2=O)c1. The Morgan fingerprint density at radius 3 is 2.81 bits per heavy atom. The van der Waals surface area contributed by atoms with E-state index in [1.165, 1.54) is 45.3 Å². The number of amides is 1. The number of nitrogens with one attached hydrogen (secondary N) is 1. The van der Waals surface area contributed by atoms with Crippen molar-refractivity contribution in [3.8, 4) is 5.75 Å². The molecule has 0 bridgehead atoms. The number of nitrogens with zero attached hydrogens (tertiary/aromatic N) is 1. The second kappa shape index (κ2) is 9.02. The summed E-state index contributed by atoms with van der Waals surface area (Å²) in [6.07, 6.45) is 7.46. The highest BCUT2D eigenvalue weighted by Gasteiger charge is 2.42. The zero-order chi connectivity index (χ0) is 19.3. The molecule has 1 saturated heterocycles. The Hall–Kier alpha value is -1.66. The van der Waals surface area contributed by atoms with E-state index in [4.69, 9.17) is 4.74 Å². The smallest absolute Gasteiger partial charge is 0.256 e. The zero-order valence-electron chi connectivity index (χ0n) is 16.2. The molecule has 5 nitrogen and oxygen atoms in total. The van der Waals surface area contributed by atoms with E-state index in [1.54, 1.807) is 17.0 Å². The Morgan fingerprint density at radius 2 is 2.07 bits per heavy atom. The van der Waals surface area contributed by atoms with E-state index >= 15 is 0 Å². The molecule has 1 amide bonds. The normalized spacial score (nSPS) is 24.3. The Bertz CT molecular complexity index is 648. The first-order valence-corrected chi connectivity index (χ1v) is 10.1. The third-order valence-corrected chi connectivity index (χ3v) is 5.89. The molecule has 1 saturated carbocycles. The van der Waals surface area contributed by atoms with E-state index in [9.17, 15) is 14.3 Å². The maximum atomic E-state index is 14.1. The van der Waals surface area contributed by atoms with Crippen molar-refractivity contribution in [2.45, 2.75) is 57.1 Å². The zero-order valence-corrected chi connectivity index (χ0v) is 16.2. The molecule has 2 N–H and O–H groups in total. The van der Waals surface area contributed by atoms with Gasteiger partial charge < -0.3 is 20.1 Å². The summed E-state index contributed by atoms with van der Waals surface area (Å²) in [5, 5.41) is 14.2. The van der Waals surface area contributed by atoms with Crippen molar-refractivity contribution in [1.29, 1.82) is 0 Å². The molecule has 0 radical (unpaired) electrons. The third kappa shape index (κ3) is 4.99. The minimum Gasteiger partial charge on any atom is -0.497 e. The van der Waals surface area contributed by atoms with Crippen molar-refractivity contribution in [3.05, 3.63) is 29.6 Å². The fraction of sp³-hybridized carbons (Fsp3) is 0.667. The highest BCUT2D eigenvalue weighted by Crippen LogP contribution is 2.27. The lowest BCUT2D eigenvalue weighted by Gasteiger charge is -2.38. The van der Waals surface area contributed by atoms with Gasteiger partial charge in [0.15, 0.2) is 5.60 Å². The summed E-state index contributed by atoms with van der Waals surface area (Å²) in [4.78, 5) is 14.4. The van der Waals surface area contributed by atoms with Gasteiger partial charge in [-0.2, -0.15) is 0 Å². The molecule has 27 heavy (non-hydrogen) atoms. The van der Waals surface area contributed by atoms with Gasteiger partial charge in [-0.25, -0.2) is 4.39 Å². The van der Waals surface area contributed by atoms with E-state index in [0.29, 0.717) is 36.6 Å². The predicted molar refractivity (Wildman–Crippen MR) is 102 cm³/mol. The molecule has 3 rings (SSSR count). The number of carbonyl (C=O) groups is 1. The number of halogens is 1. The third-order valence-electron chi connectivity index (χ3n) is 5.89. The van der Waals surface area contributed by atoms with Crippen LogP contribution in [0, 0.1) is 11.7 Å². The first-order valence-electron chi connectivity index (χ1n) is 10.1.